The van der Waals surface area contributed by atoms with Gasteiger partial charge in [-0.05, 0) is 40.2 Å². The molecule has 0 saturated carbocycles. The van der Waals surface area contributed by atoms with Crippen LogP contribution in [-0.2, 0) is 0 Å². The predicted molar refractivity (Wildman–Crippen MR) is 48.5 cm³/mol. The second-order valence-corrected chi connectivity index (χ2v) is 3.88. The lowest BCUT2D eigenvalue weighted by Gasteiger charge is -2.40. The molecule has 11 heavy (non-hydrogen) atoms. The molecule has 2 nitrogen and oxygen atoms in total. The third-order valence-corrected chi connectivity index (χ3v) is 2.76. The first-order valence-corrected chi connectivity index (χ1v) is 4.64. The third-order valence-electron chi connectivity index (χ3n) is 2.76. The van der Waals surface area contributed by atoms with Gasteiger partial charge >= 0.3 is 0 Å². The third kappa shape index (κ3) is 1.94. The van der Waals surface area contributed by atoms with Gasteiger partial charge in [0.1, 0.15) is 0 Å². The minimum atomic E-state index is 0.395. The Morgan fingerprint density at radius 2 is 2.09 bits per heavy atom. The topological polar surface area (TPSA) is 29.3 Å². The molecule has 1 saturated heterocycles. The van der Waals surface area contributed by atoms with Crippen LogP contribution in [0.4, 0.5) is 0 Å². The maximum absolute atomic E-state index is 5.96. The van der Waals surface area contributed by atoms with Gasteiger partial charge in [0.2, 0.25) is 0 Å². The minimum absolute atomic E-state index is 0.395. The summed E-state index contributed by atoms with van der Waals surface area (Å²) in [5, 5.41) is 0. The van der Waals surface area contributed by atoms with E-state index < -0.39 is 0 Å². The van der Waals surface area contributed by atoms with E-state index in [2.05, 4.69) is 25.7 Å². The van der Waals surface area contributed by atoms with E-state index in [1.165, 1.54) is 19.4 Å². The van der Waals surface area contributed by atoms with Gasteiger partial charge in [-0.1, -0.05) is 0 Å². The van der Waals surface area contributed by atoms with E-state index in [0.717, 1.165) is 0 Å². The van der Waals surface area contributed by atoms with Crippen molar-refractivity contribution in [2.24, 2.45) is 5.73 Å². The Morgan fingerprint density at radius 3 is 2.55 bits per heavy atom. The van der Waals surface area contributed by atoms with E-state index in [9.17, 15) is 0 Å². The van der Waals surface area contributed by atoms with Gasteiger partial charge in [0.25, 0.3) is 0 Å². The molecule has 0 spiro atoms. The summed E-state index contributed by atoms with van der Waals surface area (Å²) in [5.74, 6) is 0. The number of likely N-dealkylation sites (tertiary alicyclic amines) is 1. The molecule has 0 bridgehead atoms. The fourth-order valence-corrected chi connectivity index (χ4v) is 1.93. The quantitative estimate of drug-likeness (QED) is 0.618. The Labute approximate surface area is 69.8 Å². The Balaban J connectivity index is 2.51. The Hall–Kier alpha value is -0.0800. The molecule has 0 unspecified atom stereocenters. The van der Waals surface area contributed by atoms with Crippen molar-refractivity contribution in [3.63, 3.8) is 0 Å². The van der Waals surface area contributed by atoms with Crippen LogP contribution in [0.1, 0.15) is 33.6 Å². The maximum atomic E-state index is 5.96. The average Bonchev–Trinajstić information content (AvgIpc) is 1.94. The molecule has 0 aromatic rings. The lowest BCUT2D eigenvalue weighted by Crippen LogP contribution is -2.52. The van der Waals surface area contributed by atoms with Crippen molar-refractivity contribution in [1.29, 1.82) is 0 Å². The molecule has 1 aliphatic heterocycles. The lowest BCUT2D eigenvalue weighted by atomic mass is 9.97. The standard InChI is InChI=1S/C9H20N2/c1-7(2)11-6-4-5-9(10)8(11)3/h7-9H,4-6,10H2,1-3H3/t8-,9-/m1/s1. The van der Waals surface area contributed by atoms with Crippen LogP contribution in [0.15, 0.2) is 0 Å². The Kier molecular flexibility index (Phi) is 2.90. The summed E-state index contributed by atoms with van der Waals surface area (Å²) in [6.07, 6.45) is 2.47. The number of hydrogen-bond donors (Lipinski definition) is 1. The van der Waals surface area contributed by atoms with Gasteiger partial charge in [0.15, 0.2) is 0 Å². The molecule has 1 fully saturated rings. The number of nitrogens with two attached hydrogens (primary N) is 1. The molecule has 0 radical (unpaired) electrons. The zero-order valence-electron chi connectivity index (χ0n) is 7.88. The van der Waals surface area contributed by atoms with E-state index in [1.54, 1.807) is 0 Å². The second kappa shape index (κ2) is 3.55. The first-order valence-electron chi connectivity index (χ1n) is 4.64. The summed E-state index contributed by atoms with van der Waals surface area (Å²) in [5.41, 5.74) is 5.96. The van der Waals surface area contributed by atoms with Crippen LogP contribution >= 0.6 is 0 Å². The van der Waals surface area contributed by atoms with Gasteiger partial charge in [-0.2, -0.15) is 0 Å². The van der Waals surface area contributed by atoms with Gasteiger partial charge in [-0.25, -0.2) is 0 Å². The van der Waals surface area contributed by atoms with Crippen molar-refractivity contribution >= 4 is 0 Å². The van der Waals surface area contributed by atoms with Gasteiger partial charge in [0, 0.05) is 18.1 Å². The molecule has 0 aromatic heterocycles. The zero-order valence-corrected chi connectivity index (χ0v) is 7.88. The highest BCUT2D eigenvalue weighted by Crippen LogP contribution is 2.17. The summed E-state index contributed by atoms with van der Waals surface area (Å²) < 4.78 is 0. The largest absolute Gasteiger partial charge is 0.326 e. The van der Waals surface area contributed by atoms with Gasteiger partial charge in [0.05, 0.1) is 0 Å². The summed E-state index contributed by atoms with van der Waals surface area (Å²) >= 11 is 0. The van der Waals surface area contributed by atoms with Crippen molar-refractivity contribution in [3.8, 4) is 0 Å². The van der Waals surface area contributed by atoms with Crippen molar-refractivity contribution in [3.05, 3.63) is 0 Å². The fourth-order valence-electron chi connectivity index (χ4n) is 1.93. The fraction of sp³-hybridized carbons (Fsp3) is 1.00. The highest BCUT2D eigenvalue weighted by Gasteiger charge is 2.26. The predicted octanol–water partition coefficient (Wildman–Crippen LogP) is 1.21. The molecule has 2 N–H and O–H groups in total. The van der Waals surface area contributed by atoms with Crippen molar-refractivity contribution < 1.29 is 0 Å². The number of hydrogen-bond acceptors (Lipinski definition) is 2. The van der Waals surface area contributed by atoms with Crippen LogP contribution in [0.2, 0.25) is 0 Å². The smallest absolute Gasteiger partial charge is 0.0221 e. The van der Waals surface area contributed by atoms with Crippen LogP contribution in [-0.4, -0.2) is 29.6 Å². The maximum Gasteiger partial charge on any atom is 0.0221 e. The molecular weight excluding hydrogens is 136 g/mol. The van der Waals surface area contributed by atoms with Gasteiger partial charge in [-0.15, -0.1) is 0 Å². The Morgan fingerprint density at radius 1 is 1.45 bits per heavy atom. The molecule has 1 heterocycles. The molecule has 0 aliphatic carbocycles. The Bertz CT molecular complexity index is 123. The molecular formula is C9H20N2. The molecule has 0 amide bonds. The molecule has 2 atom stereocenters. The summed E-state index contributed by atoms with van der Waals surface area (Å²) in [6, 6.07) is 1.62. The molecule has 66 valence electrons. The van der Waals surface area contributed by atoms with Crippen molar-refractivity contribution in [2.45, 2.75) is 51.7 Å². The zero-order chi connectivity index (χ0) is 8.43. The van der Waals surface area contributed by atoms with E-state index in [4.69, 9.17) is 5.73 Å². The number of rotatable bonds is 1. The molecule has 0 aromatic carbocycles. The summed E-state index contributed by atoms with van der Waals surface area (Å²) in [6.45, 7) is 7.96. The van der Waals surface area contributed by atoms with Crippen LogP contribution in [0.3, 0.4) is 0 Å². The van der Waals surface area contributed by atoms with E-state index >= 15 is 0 Å². The first kappa shape index (κ1) is 9.01. The molecule has 2 heteroatoms. The molecule has 1 aliphatic rings. The van der Waals surface area contributed by atoms with E-state index in [1.807, 2.05) is 0 Å². The normalized spacial score (nSPS) is 34.6. The first-order chi connectivity index (χ1) is 5.13. The second-order valence-electron chi connectivity index (χ2n) is 3.88. The van der Waals surface area contributed by atoms with Crippen LogP contribution in [0.5, 0.6) is 0 Å². The minimum Gasteiger partial charge on any atom is -0.326 e. The van der Waals surface area contributed by atoms with Crippen LogP contribution in [0.25, 0.3) is 0 Å². The SMILES string of the molecule is CC(C)N1CCC[C@@H](N)[C@H]1C. The summed E-state index contributed by atoms with van der Waals surface area (Å²) in [7, 11) is 0. The number of nitrogens with zero attached hydrogens (tertiary/aromatic N) is 1. The van der Waals surface area contributed by atoms with Crippen molar-refractivity contribution in [2.75, 3.05) is 6.54 Å². The summed E-state index contributed by atoms with van der Waals surface area (Å²) in [4.78, 5) is 2.49. The highest BCUT2D eigenvalue weighted by molar-refractivity contribution is 4.84. The molecule has 1 rings (SSSR count). The average molecular weight is 156 g/mol. The van der Waals surface area contributed by atoms with E-state index in [-0.39, 0.29) is 0 Å². The van der Waals surface area contributed by atoms with Crippen LogP contribution < -0.4 is 5.73 Å². The lowest BCUT2D eigenvalue weighted by molar-refractivity contribution is 0.106. The van der Waals surface area contributed by atoms with Gasteiger partial charge in [-0.3, -0.25) is 4.90 Å². The van der Waals surface area contributed by atoms with Gasteiger partial charge < -0.3 is 5.73 Å². The van der Waals surface area contributed by atoms with Crippen molar-refractivity contribution in [1.82, 2.24) is 4.90 Å². The number of piperidine rings is 1. The highest BCUT2D eigenvalue weighted by atomic mass is 15.2. The monoisotopic (exact) mass is 156 g/mol. The van der Waals surface area contributed by atoms with E-state index in [0.29, 0.717) is 18.1 Å². The van der Waals surface area contributed by atoms with Crippen LogP contribution in [0, 0.1) is 0 Å².